The zero-order chi connectivity index (χ0) is 11.6. The number of amides is 1. The molecule has 1 fully saturated rings. The summed E-state index contributed by atoms with van der Waals surface area (Å²) in [6.07, 6.45) is -0.118. The molecule has 0 saturated carbocycles. The Kier molecular flexibility index (Phi) is 3.52. The Bertz CT molecular complexity index is 285. The van der Waals surface area contributed by atoms with Crippen molar-refractivity contribution in [3.63, 3.8) is 0 Å². The number of allylic oxidation sites excluding steroid dienone is 1. The molecule has 1 aliphatic rings. The third-order valence-electron chi connectivity index (χ3n) is 2.73. The molecule has 84 valence electrons. The molecule has 0 aliphatic carbocycles. The van der Waals surface area contributed by atoms with Gasteiger partial charge in [0.05, 0.1) is 6.04 Å². The van der Waals surface area contributed by atoms with Crippen molar-refractivity contribution in [1.82, 2.24) is 10.2 Å². The van der Waals surface area contributed by atoms with Crippen molar-refractivity contribution in [2.45, 2.75) is 32.4 Å². The van der Waals surface area contributed by atoms with E-state index >= 15 is 0 Å². The first kappa shape index (κ1) is 11.8. The van der Waals surface area contributed by atoms with Gasteiger partial charge in [-0.3, -0.25) is 4.90 Å². The summed E-state index contributed by atoms with van der Waals surface area (Å²) in [5, 5.41) is 12.3. The minimum absolute atomic E-state index is 0.112. The van der Waals surface area contributed by atoms with Crippen molar-refractivity contribution in [2.24, 2.45) is 0 Å². The van der Waals surface area contributed by atoms with E-state index < -0.39 is 6.09 Å². The molecule has 0 spiro atoms. The molecule has 1 rings (SSSR count). The monoisotopic (exact) mass is 210 g/mol. The van der Waals surface area contributed by atoms with E-state index in [0.717, 1.165) is 18.5 Å². The minimum Gasteiger partial charge on any atom is -0.465 e. The van der Waals surface area contributed by atoms with Crippen molar-refractivity contribution < 1.29 is 9.90 Å². The van der Waals surface area contributed by atoms with E-state index in [-0.39, 0.29) is 12.1 Å². The maximum atomic E-state index is 11.0. The third kappa shape index (κ3) is 2.59. The molecule has 0 aromatic heterocycles. The molecule has 15 heavy (non-hydrogen) atoms. The molecule has 1 saturated heterocycles. The van der Waals surface area contributed by atoms with Gasteiger partial charge < -0.3 is 10.4 Å². The topological polar surface area (TPSA) is 52.6 Å². The summed E-state index contributed by atoms with van der Waals surface area (Å²) in [6.45, 7) is 11.9. The fourth-order valence-corrected chi connectivity index (χ4v) is 1.94. The van der Waals surface area contributed by atoms with Crippen molar-refractivity contribution in [3.8, 4) is 0 Å². The second kappa shape index (κ2) is 4.49. The van der Waals surface area contributed by atoms with Crippen LogP contribution in [0.15, 0.2) is 24.4 Å². The Labute approximate surface area is 90.3 Å². The molecule has 0 bridgehead atoms. The highest BCUT2D eigenvalue weighted by molar-refractivity contribution is 5.67. The summed E-state index contributed by atoms with van der Waals surface area (Å²) in [4.78, 5) is 12.3. The molecule has 2 atom stereocenters. The summed E-state index contributed by atoms with van der Waals surface area (Å²) in [5.74, 6) is 0. The summed E-state index contributed by atoms with van der Waals surface area (Å²) in [6, 6.07) is 0.0320. The van der Waals surface area contributed by atoms with Crippen LogP contribution in [0.4, 0.5) is 4.79 Å². The lowest BCUT2D eigenvalue weighted by Crippen LogP contribution is -2.47. The first-order chi connectivity index (χ1) is 6.93. The van der Waals surface area contributed by atoms with Crippen LogP contribution >= 0.6 is 0 Å². The number of nitrogens with one attached hydrogen (secondary N) is 1. The first-order valence-corrected chi connectivity index (χ1v) is 5.01. The van der Waals surface area contributed by atoms with Crippen LogP contribution < -0.4 is 5.32 Å². The number of carbonyl (C=O) groups is 1. The molecule has 1 heterocycles. The molecule has 4 heteroatoms. The van der Waals surface area contributed by atoms with Crippen LogP contribution in [0.3, 0.4) is 0 Å². The van der Waals surface area contributed by atoms with Crippen molar-refractivity contribution in [1.29, 1.82) is 0 Å². The largest absolute Gasteiger partial charge is 0.465 e. The molecule has 2 N–H and O–H groups in total. The van der Waals surface area contributed by atoms with E-state index in [1.165, 1.54) is 4.90 Å². The summed E-state index contributed by atoms with van der Waals surface area (Å²) in [7, 11) is 0. The van der Waals surface area contributed by atoms with Crippen molar-refractivity contribution in [2.75, 3.05) is 6.54 Å². The van der Waals surface area contributed by atoms with Gasteiger partial charge >= 0.3 is 6.09 Å². The highest BCUT2D eigenvalue weighted by Gasteiger charge is 2.30. The van der Waals surface area contributed by atoms with Crippen LogP contribution in [-0.2, 0) is 0 Å². The number of carboxylic acid groups (broad SMARTS) is 1. The van der Waals surface area contributed by atoms with Crippen LogP contribution in [0.25, 0.3) is 0 Å². The third-order valence-corrected chi connectivity index (χ3v) is 2.73. The fourth-order valence-electron chi connectivity index (χ4n) is 1.94. The lowest BCUT2D eigenvalue weighted by Gasteiger charge is -2.30. The van der Waals surface area contributed by atoms with Crippen LogP contribution in [0.5, 0.6) is 0 Å². The zero-order valence-corrected chi connectivity index (χ0v) is 9.29. The summed E-state index contributed by atoms with van der Waals surface area (Å²) in [5.41, 5.74) is 1.67. The van der Waals surface area contributed by atoms with Gasteiger partial charge in [-0.2, -0.15) is 0 Å². The Balaban J connectivity index is 2.72. The van der Waals surface area contributed by atoms with Gasteiger partial charge in [-0.15, -0.1) is 0 Å². The van der Waals surface area contributed by atoms with Gasteiger partial charge in [-0.1, -0.05) is 18.7 Å². The van der Waals surface area contributed by atoms with Crippen LogP contribution in [-0.4, -0.2) is 34.7 Å². The fraction of sp³-hybridized carbons (Fsp3) is 0.545. The lowest BCUT2D eigenvalue weighted by atomic mass is 10.1. The lowest BCUT2D eigenvalue weighted by molar-refractivity contribution is 0.137. The number of hydrogen-bond donors (Lipinski definition) is 2. The van der Waals surface area contributed by atoms with E-state index in [1.807, 2.05) is 6.92 Å². The molecule has 1 aliphatic heterocycles. The predicted molar refractivity (Wildman–Crippen MR) is 59.7 cm³/mol. The Morgan fingerprint density at radius 2 is 2.33 bits per heavy atom. The second-order valence-corrected chi connectivity index (χ2v) is 4.07. The van der Waals surface area contributed by atoms with Gasteiger partial charge in [-0.05, 0) is 20.3 Å². The zero-order valence-electron chi connectivity index (χ0n) is 9.29. The second-order valence-electron chi connectivity index (χ2n) is 4.07. The molecular weight excluding hydrogens is 192 g/mol. The predicted octanol–water partition coefficient (Wildman–Crippen LogP) is 1.81. The van der Waals surface area contributed by atoms with Crippen LogP contribution in [0, 0.1) is 0 Å². The SMILES string of the molecule is C=C1CN[C@H](C(C)N(C(=C)C)C(=O)O)C1. The number of nitrogens with zero attached hydrogens (tertiary/aromatic N) is 1. The molecule has 0 radical (unpaired) electrons. The highest BCUT2D eigenvalue weighted by Crippen LogP contribution is 2.19. The quantitative estimate of drug-likeness (QED) is 0.698. The van der Waals surface area contributed by atoms with Crippen LogP contribution in [0.2, 0.25) is 0 Å². The normalized spacial score (nSPS) is 22.5. The Morgan fingerprint density at radius 3 is 2.67 bits per heavy atom. The maximum Gasteiger partial charge on any atom is 0.411 e. The molecule has 0 aromatic rings. The van der Waals surface area contributed by atoms with Gasteiger partial charge in [0, 0.05) is 18.3 Å². The standard InChI is InChI=1S/C11H18N2O2/c1-7(2)13(11(14)15)9(4)10-5-8(3)6-12-10/h9-10,12H,1,3,5-6H2,2,4H3,(H,14,15)/t9?,10-/m0/s1. The van der Waals surface area contributed by atoms with Crippen LogP contribution in [0.1, 0.15) is 20.3 Å². The molecule has 4 nitrogen and oxygen atoms in total. The first-order valence-electron chi connectivity index (χ1n) is 5.01. The van der Waals surface area contributed by atoms with Gasteiger partial charge in [0.25, 0.3) is 0 Å². The van der Waals surface area contributed by atoms with Gasteiger partial charge in [0.1, 0.15) is 0 Å². The summed E-state index contributed by atoms with van der Waals surface area (Å²) < 4.78 is 0. The average molecular weight is 210 g/mol. The van der Waals surface area contributed by atoms with E-state index in [4.69, 9.17) is 5.11 Å². The Morgan fingerprint density at radius 1 is 1.73 bits per heavy atom. The number of rotatable bonds is 3. The molecule has 1 amide bonds. The van der Waals surface area contributed by atoms with E-state index in [0.29, 0.717) is 5.70 Å². The smallest absolute Gasteiger partial charge is 0.411 e. The van der Waals surface area contributed by atoms with E-state index in [1.54, 1.807) is 6.92 Å². The van der Waals surface area contributed by atoms with E-state index in [2.05, 4.69) is 18.5 Å². The van der Waals surface area contributed by atoms with Crippen molar-refractivity contribution in [3.05, 3.63) is 24.4 Å². The van der Waals surface area contributed by atoms with Gasteiger partial charge in [0.15, 0.2) is 0 Å². The van der Waals surface area contributed by atoms with E-state index in [9.17, 15) is 4.79 Å². The molecule has 0 aromatic carbocycles. The number of hydrogen-bond acceptors (Lipinski definition) is 2. The molecule has 1 unspecified atom stereocenters. The van der Waals surface area contributed by atoms with Crippen molar-refractivity contribution >= 4 is 6.09 Å². The minimum atomic E-state index is -0.950. The van der Waals surface area contributed by atoms with Gasteiger partial charge in [0.2, 0.25) is 0 Å². The molecular formula is C11H18N2O2. The highest BCUT2D eigenvalue weighted by atomic mass is 16.4. The maximum absolute atomic E-state index is 11.0. The Hall–Kier alpha value is -1.29. The van der Waals surface area contributed by atoms with Gasteiger partial charge in [-0.25, -0.2) is 4.79 Å². The summed E-state index contributed by atoms with van der Waals surface area (Å²) >= 11 is 0. The average Bonchev–Trinajstić information content (AvgIpc) is 2.50.